The summed E-state index contributed by atoms with van der Waals surface area (Å²) < 4.78 is 6.30. The van der Waals surface area contributed by atoms with E-state index in [9.17, 15) is 0 Å². The average Bonchev–Trinajstić information content (AvgIpc) is 3.10. The van der Waals surface area contributed by atoms with Crippen LogP contribution in [0, 0.1) is 13.8 Å². The lowest BCUT2D eigenvalue weighted by Gasteiger charge is -2.27. The first-order valence-corrected chi connectivity index (χ1v) is 9.88. The Morgan fingerprint density at radius 1 is 1.00 bits per heavy atom. The van der Waals surface area contributed by atoms with Crippen LogP contribution in [-0.2, 0) is 11.2 Å². The van der Waals surface area contributed by atoms with E-state index >= 15 is 0 Å². The fourth-order valence-corrected chi connectivity index (χ4v) is 4.18. The molecule has 0 bridgehead atoms. The van der Waals surface area contributed by atoms with E-state index in [4.69, 9.17) is 15.5 Å². The van der Waals surface area contributed by atoms with E-state index in [0.29, 0.717) is 17.5 Å². The van der Waals surface area contributed by atoms with Gasteiger partial charge in [0.25, 0.3) is 6.02 Å². The largest absolute Gasteiger partial charge is 0.448 e. The van der Waals surface area contributed by atoms with Crippen LogP contribution in [0.5, 0.6) is 0 Å². The highest BCUT2D eigenvalue weighted by molar-refractivity contribution is 5.81. The predicted molar refractivity (Wildman–Crippen MR) is 113 cm³/mol. The van der Waals surface area contributed by atoms with Crippen LogP contribution in [-0.4, -0.2) is 16.0 Å². The molecular formula is C23H23N5O. The number of aromatic nitrogens is 2. The fourth-order valence-electron chi connectivity index (χ4n) is 4.18. The van der Waals surface area contributed by atoms with E-state index in [1.807, 2.05) is 38.1 Å². The molecule has 5 rings (SSSR count). The van der Waals surface area contributed by atoms with Gasteiger partial charge < -0.3 is 15.8 Å². The molecule has 3 N–H and O–H groups in total. The molecule has 1 unspecified atom stereocenters. The molecule has 3 aromatic rings. The molecule has 1 aliphatic carbocycles. The summed E-state index contributed by atoms with van der Waals surface area (Å²) in [5.74, 6) is 0.621. The molecule has 6 heteroatoms. The van der Waals surface area contributed by atoms with Crippen molar-refractivity contribution in [1.82, 2.24) is 15.3 Å². The van der Waals surface area contributed by atoms with Crippen molar-refractivity contribution in [3.63, 3.8) is 0 Å². The smallest absolute Gasteiger partial charge is 0.291 e. The van der Waals surface area contributed by atoms with Crippen LogP contribution in [0.3, 0.4) is 0 Å². The first-order chi connectivity index (χ1) is 14.1. The van der Waals surface area contributed by atoms with Crippen LogP contribution >= 0.6 is 0 Å². The SMILES string of the molecule is Cc1cc(C)nc(C2OC(N[C@@H]3CCc4ccccc43)=Nc3ccc(N)cc32)n1. The van der Waals surface area contributed by atoms with Crippen molar-refractivity contribution in [2.45, 2.75) is 38.8 Å². The van der Waals surface area contributed by atoms with Crippen LogP contribution in [0.4, 0.5) is 11.4 Å². The number of fused-ring (bicyclic) bond motifs is 2. The van der Waals surface area contributed by atoms with Crippen molar-refractivity contribution in [2.75, 3.05) is 5.73 Å². The Balaban J connectivity index is 1.52. The lowest BCUT2D eigenvalue weighted by molar-refractivity contribution is 0.202. The van der Waals surface area contributed by atoms with Crippen LogP contribution in [0.2, 0.25) is 0 Å². The molecule has 1 aliphatic heterocycles. The Morgan fingerprint density at radius 2 is 1.79 bits per heavy atom. The maximum absolute atomic E-state index is 6.30. The molecule has 2 heterocycles. The molecule has 146 valence electrons. The summed E-state index contributed by atoms with van der Waals surface area (Å²) in [6.07, 6.45) is 1.61. The van der Waals surface area contributed by atoms with Crippen molar-refractivity contribution in [3.8, 4) is 0 Å². The summed E-state index contributed by atoms with van der Waals surface area (Å²) in [6.45, 7) is 3.92. The molecule has 0 spiro atoms. The highest BCUT2D eigenvalue weighted by atomic mass is 16.5. The van der Waals surface area contributed by atoms with Crippen LogP contribution in [0.15, 0.2) is 53.5 Å². The van der Waals surface area contributed by atoms with E-state index in [0.717, 1.165) is 35.5 Å². The van der Waals surface area contributed by atoms with Crippen LogP contribution in [0.1, 0.15) is 52.5 Å². The minimum Gasteiger partial charge on any atom is -0.448 e. The molecule has 2 aromatic carbocycles. The topological polar surface area (TPSA) is 85.4 Å². The van der Waals surface area contributed by atoms with Gasteiger partial charge >= 0.3 is 0 Å². The number of nitrogens with two attached hydrogens (primary N) is 1. The van der Waals surface area contributed by atoms with Crippen molar-refractivity contribution in [1.29, 1.82) is 0 Å². The van der Waals surface area contributed by atoms with Gasteiger partial charge in [0.15, 0.2) is 11.9 Å². The number of anilines is 1. The molecule has 2 atom stereocenters. The molecule has 0 saturated heterocycles. The average molecular weight is 385 g/mol. The number of rotatable bonds is 2. The lowest BCUT2D eigenvalue weighted by Crippen LogP contribution is -2.33. The molecule has 0 radical (unpaired) electrons. The second-order valence-corrected chi connectivity index (χ2v) is 7.68. The zero-order valence-corrected chi connectivity index (χ0v) is 16.5. The third-order valence-corrected chi connectivity index (χ3v) is 5.45. The van der Waals surface area contributed by atoms with Gasteiger partial charge in [-0.05, 0) is 62.1 Å². The van der Waals surface area contributed by atoms with Crippen LogP contribution in [0.25, 0.3) is 0 Å². The summed E-state index contributed by atoms with van der Waals surface area (Å²) in [6, 6.07) is 16.8. The fraction of sp³-hybridized carbons (Fsp3) is 0.261. The minimum atomic E-state index is -0.455. The van der Waals surface area contributed by atoms with Gasteiger partial charge in [0, 0.05) is 22.6 Å². The number of hydrogen-bond acceptors (Lipinski definition) is 6. The Labute approximate surface area is 169 Å². The maximum Gasteiger partial charge on any atom is 0.291 e. The van der Waals surface area contributed by atoms with E-state index in [-0.39, 0.29) is 6.04 Å². The summed E-state index contributed by atoms with van der Waals surface area (Å²) in [5.41, 5.74) is 12.9. The number of nitrogens with zero attached hydrogens (tertiary/aromatic N) is 3. The molecule has 6 nitrogen and oxygen atoms in total. The standard InChI is InChI=1S/C23H23N5O/c1-13-11-14(2)26-22(25-13)21-18-12-16(24)8-10-20(18)28-23(29-21)27-19-9-7-15-5-3-4-6-17(15)19/h3-6,8,10-12,19,21H,7,9,24H2,1-2H3,(H,27,28)/t19-,21?/m1/s1. The van der Waals surface area contributed by atoms with E-state index in [1.54, 1.807) is 0 Å². The van der Waals surface area contributed by atoms with Crippen molar-refractivity contribution >= 4 is 17.4 Å². The molecule has 29 heavy (non-hydrogen) atoms. The highest BCUT2D eigenvalue weighted by Crippen LogP contribution is 2.38. The van der Waals surface area contributed by atoms with Crippen LogP contribution < -0.4 is 11.1 Å². The number of nitrogens with one attached hydrogen (secondary N) is 1. The van der Waals surface area contributed by atoms with Gasteiger partial charge in [-0.25, -0.2) is 9.97 Å². The number of aliphatic imine (C=N–C) groups is 1. The molecule has 0 saturated carbocycles. The lowest BCUT2D eigenvalue weighted by atomic mass is 10.0. The molecule has 0 amide bonds. The second-order valence-electron chi connectivity index (χ2n) is 7.68. The normalized spacial score (nSPS) is 19.7. The third kappa shape index (κ3) is 3.31. The summed E-state index contributed by atoms with van der Waals surface area (Å²) >= 11 is 0. The highest BCUT2D eigenvalue weighted by Gasteiger charge is 2.31. The van der Waals surface area contributed by atoms with E-state index in [2.05, 4.69) is 39.6 Å². The maximum atomic E-state index is 6.30. The second kappa shape index (κ2) is 6.88. The van der Waals surface area contributed by atoms with Gasteiger partial charge in [0.2, 0.25) is 0 Å². The van der Waals surface area contributed by atoms with E-state index in [1.165, 1.54) is 11.1 Å². The molecule has 2 aliphatic rings. The molecule has 1 aromatic heterocycles. The van der Waals surface area contributed by atoms with Gasteiger partial charge in [0.05, 0.1) is 11.7 Å². The number of ether oxygens (including phenoxy) is 1. The number of amidine groups is 1. The summed E-state index contributed by atoms with van der Waals surface area (Å²) in [5, 5.41) is 3.50. The molecular weight excluding hydrogens is 362 g/mol. The Kier molecular flexibility index (Phi) is 4.19. The number of aryl methyl sites for hydroxylation is 3. The molecule has 0 fully saturated rings. The predicted octanol–water partition coefficient (Wildman–Crippen LogP) is 4.06. The first kappa shape index (κ1) is 17.7. The first-order valence-electron chi connectivity index (χ1n) is 9.88. The van der Waals surface area contributed by atoms with Gasteiger partial charge in [-0.3, -0.25) is 0 Å². The van der Waals surface area contributed by atoms with Gasteiger partial charge in [-0.2, -0.15) is 4.99 Å². The summed E-state index contributed by atoms with van der Waals surface area (Å²) in [7, 11) is 0. The monoisotopic (exact) mass is 385 g/mol. The number of benzene rings is 2. The summed E-state index contributed by atoms with van der Waals surface area (Å²) in [4.78, 5) is 14.0. The van der Waals surface area contributed by atoms with Gasteiger partial charge in [-0.15, -0.1) is 0 Å². The number of nitrogen functional groups attached to an aromatic ring is 1. The third-order valence-electron chi connectivity index (χ3n) is 5.45. The van der Waals surface area contributed by atoms with Gasteiger partial charge in [-0.1, -0.05) is 24.3 Å². The van der Waals surface area contributed by atoms with Crippen molar-refractivity contribution < 1.29 is 4.74 Å². The zero-order valence-electron chi connectivity index (χ0n) is 16.5. The number of hydrogen-bond donors (Lipinski definition) is 2. The minimum absolute atomic E-state index is 0.182. The zero-order chi connectivity index (χ0) is 20.0. The van der Waals surface area contributed by atoms with E-state index < -0.39 is 6.10 Å². The Morgan fingerprint density at radius 3 is 2.62 bits per heavy atom. The van der Waals surface area contributed by atoms with Gasteiger partial charge in [0.1, 0.15) is 0 Å². The Hall–Kier alpha value is -3.41. The quantitative estimate of drug-likeness (QED) is 0.650. The van der Waals surface area contributed by atoms with Crippen molar-refractivity contribution in [3.05, 3.63) is 82.4 Å². The van der Waals surface area contributed by atoms with Crippen molar-refractivity contribution in [2.24, 2.45) is 4.99 Å². The Bertz CT molecular complexity index is 1100.